The van der Waals surface area contributed by atoms with Crippen molar-refractivity contribution in [2.45, 2.75) is 117 Å². The SMILES string of the molecule is CC(=O)CCCC(=O)N[C@@H](CCCNC(=N)N[N+](=O)[O-])C(=O)N[C@@H](CC(C)C)B1O[C@@H]2C[C@@H]3C[C@@H](C3(C)C)[C@]2(C)O1. The second-order valence-corrected chi connectivity index (χ2v) is 13.1. The third-order valence-electron chi connectivity index (χ3n) is 9.11. The van der Waals surface area contributed by atoms with Crippen molar-refractivity contribution >= 4 is 30.7 Å². The van der Waals surface area contributed by atoms with Crippen LogP contribution in [0.3, 0.4) is 0 Å². The smallest absolute Gasteiger partial charge is 0.404 e. The maximum absolute atomic E-state index is 13.6. The van der Waals surface area contributed by atoms with Gasteiger partial charge in [0.05, 0.1) is 17.6 Å². The molecule has 1 heterocycles. The minimum Gasteiger partial charge on any atom is -0.404 e. The maximum Gasteiger partial charge on any atom is 0.481 e. The van der Waals surface area contributed by atoms with Crippen molar-refractivity contribution in [1.29, 1.82) is 5.41 Å². The fraction of sp³-hybridized carbons (Fsp3) is 0.852. The number of rotatable bonds is 15. The Balaban J connectivity index is 1.66. The zero-order valence-electron chi connectivity index (χ0n) is 25.2. The first-order chi connectivity index (χ1) is 19.1. The fourth-order valence-corrected chi connectivity index (χ4v) is 6.78. The van der Waals surface area contributed by atoms with Crippen molar-refractivity contribution in [2.75, 3.05) is 6.54 Å². The number of Topliss-reactive ketones (excluding diaryl/α,β-unsaturated/α-hetero) is 1. The fourth-order valence-electron chi connectivity index (χ4n) is 6.78. The lowest BCUT2D eigenvalue weighted by Gasteiger charge is -2.64. The minimum absolute atomic E-state index is 0.00721. The molecule has 2 bridgehead atoms. The van der Waals surface area contributed by atoms with E-state index in [-0.39, 0.29) is 60.8 Å². The average Bonchev–Trinajstić information content (AvgIpc) is 3.21. The highest BCUT2D eigenvalue weighted by atomic mass is 16.7. The van der Waals surface area contributed by atoms with Gasteiger partial charge in [0.2, 0.25) is 11.8 Å². The molecule has 0 aromatic heterocycles. The van der Waals surface area contributed by atoms with Crippen LogP contribution in [0.2, 0.25) is 0 Å². The Labute approximate surface area is 242 Å². The van der Waals surface area contributed by atoms with E-state index in [9.17, 15) is 24.5 Å². The molecule has 1 saturated heterocycles. The number of hydrogen-bond acceptors (Lipinski definition) is 8. The van der Waals surface area contributed by atoms with E-state index >= 15 is 0 Å². The molecule has 2 amide bonds. The summed E-state index contributed by atoms with van der Waals surface area (Å²) >= 11 is 0. The summed E-state index contributed by atoms with van der Waals surface area (Å²) in [6, 6.07) is -0.875. The van der Waals surface area contributed by atoms with Crippen molar-refractivity contribution in [3.05, 3.63) is 10.1 Å². The van der Waals surface area contributed by atoms with Gasteiger partial charge in [0.15, 0.2) is 5.03 Å². The zero-order valence-corrected chi connectivity index (χ0v) is 25.2. The molecule has 5 N–H and O–H groups in total. The van der Waals surface area contributed by atoms with E-state index in [2.05, 4.69) is 50.6 Å². The van der Waals surface area contributed by atoms with Crippen LogP contribution < -0.4 is 21.4 Å². The van der Waals surface area contributed by atoms with Crippen LogP contribution >= 0.6 is 0 Å². The van der Waals surface area contributed by atoms with Crippen LogP contribution in [0.1, 0.15) is 92.9 Å². The lowest BCUT2D eigenvalue weighted by atomic mass is 9.43. The number of hydrogen-bond donors (Lipinski definition) is 5. The summed E-state index contributed by atoms with van der Waals surface area (Å²) in [4.78, 5) is 48.0. The van der Waals surface area contributed by atoms with Gasteiger partial charge >= 0.3 is 7.12 Å². The van der Waals surface area contributed by atoms with Gasteiger partial charge in [-0.3, -0.25) is 15.0 Å². The summed E-state index contributed by atoms with van der Waals surface area (Å²) in [6.45, 7) is 12.5. The quantitative estimate of drug-likeness (QED) is 0.0485. The van der Waals surface area contributed by atoms with E-state index in [0.29, 0.717) is 31.1 Å². The second kappa shape index (κ2) is 13.5. The molecule has 0 aromatic carbocycles. The highest BCUT2D eigenvalue weighted by molar-refractivity contribution is 6.48. The van der Waals surface area contributed by atoms with Gasteiger partial charge in [-0.1, -0.05) is 33.1 Å². The van der Waals surface area contributed by atoms with Gasteiger partial charge in [-0.05, 0) is 75.5 Å². The third kappa shape index (κ3) is 8.18. The van der Waals surface area contributed by atoms with Crippen molar-refractivity contribution in [3.63, 3.8) is 0 Å². The van der Waals surface area contributed by atoms with Gasteiger partial charge in [0, 0.05) is 19.4 Å². The normalized spacial score (nSPS) is 27.2. The Morgan fingerprint density at radius 3 is 2.44 bits per heavy atom. The topological polar surface area (TPSA) is 185 Å². The second-order valence-electron chi connectivity index (χ2n) is 13.1. The van der Waals surface area contributed by atoms with Gasteiger partial charge in [-0.2, -0.15) is 0 Å². The Morgan fingerprint density at radius 1 is 1.12 bits per heavy atom. The number of carbonyl (C=O) groups is 3. The van der Waals surface area contributed by atoms with E-state index in [1.807, 2.05) is 0 Å². The number of nitro groups is 1. The number of carbonyl (C=O) groups excluding carboxylic acids is 3. The van der Waals surface area contributed by atoms with Crippen LogP contribution in [0.4, 0.5) is 0 Å². The van der Waals surface area contributed by atoms with Crippen molar-refractivity contribution < 1.29 is 28.7 Å². The van der Waals surface area contributed by atoms with Crippen LogP contribution in [0.15, 0.2) is 0 Å². The first kappa shape index (κ1) is 32.8. The molecule has 41 heavy (non-hydrogen) atoms. The van der Waals surface area contributed by atoms with Gasteiger partial charge in [0.25, 0.3) is 5.96 Å². The molecular formula is C27H47BN6O7. The largest absolute Gasteiger partial charge is 0.481 e. The Morgan fingerprint density at radius 2 is 1.83 bits per heavy atom. The van der Waals surface area contributed by atoms with Gasteiger partial charge < -0.3 is 30.1 Å². The van der Waals surface area contributed by atoms with Crippen LogP contribution in [0.5, 0.6) is 0 Å². The molecule has 3 aliphatic carbocycles. The summed E-state index contributed by atoms with van der Waals surface area (Å²) in [7, 11) is -0.603. The number of ketones is 1. The molecule has 1 aliphatic heterocycles. The standard InChI is InChI=1S/C27H47BN6O7/c1-16(2)13-22(28-40-21-15-18-14-20(26(18,4)5)27(21,6)41-28)32-24(37)19(31-23(36)11-7-9-17(3)35)10-8-12-30-25(29)33-34(38)39/h16,18-22H,7-15H2,1-6H3,(H,31,36)(H,32,37)(H3,29,30,33)/t18-,19-,20-,21+,22-,27-/m0/s1. The van der Waals surface area contributed by atoms with Crippen molar-refractivity contribution in [1.82, 2.24) is 21.4 Å². The first-order valence-electron chi connectivity index (χ1n) is 14.8. The van der Waals surface area contributed by atoms with E-state index < -0.39 is 35.7 Å². The van der Waals surface area contributed by atoms with Crippen molar-refractivity contribution in [3.8, 4) is 0 Å². The van der Waals surface area contributed by atoms with E-state index in [1.54, 1.807) is 5.43 Å². The number of amides is 2. The van der Waals surface area contributed by atoms with Crippen LogP contribution in [0, 0.1) is 38.7 Å². The first-order valence-corrected chi connectivity index (χ1v) is 14.8. The number of hydrazine groups is 1. The van der Waals surface area contributed by atoms with E-state index in [4.69, 9.17) is 14.7 Å². The molecule has 230 valence electrons. The molecule has 4 fully saturated rings. The zero-order chi connectivity index (χ0) is 30.5. The molecule has 14 heteroatoms. The van der Waals surface area contributed by atoms with E-state index in [1.165, 1.54) is 6.92 Å². The molecule has 0 spiro atoms. The van der Waals surface area contributed by atoms with Crippen LogP contribution in [-0.4, -0.2) is 65.9 Å². The Bertz CT molecular complexity index is 1010. The summed E-state index contributed by atoms with van der Waals surface area (Å²) in [5.41, 5.74) is 1.50. The summed E-state index contributed by atoms with van der Waals surface area (Å²) < 4.78 is 13.1. The predicted molar refractivity (Wildman–Crippen MR) is 153 cm³/mol. The lowest BCUT2D eigenvalue weighted by Crippen LogP contribution is -2.65. The number of guanidine groups is 1. The highest BCUT2D eigenvalue weighted by Crippen LogP contribution is 2.65. The predicted octanol–water partition coefficient (Wildman–Crippen LogP) is 2.11. The van der Waals surface area contributed by atoms with E-state index in [0.717, 1.165) is 12.8 Å². The van der Waals surface area contributed by atoms with Crippen LogP contribution in [-0.2, 0) is 23.7 Å². The van der Waals surface area contributed by atoms with Gasteiger partial charge in [0.1, 0.15) is 11.8 Å². The lowest BCUT2D eigenvalue weighted by molar-refractivity contribution is -0.525. The molecule has 0 radical (unpaired) electrons. The third-order valence-corrected chi connectivity index (χ3v) is 9.11. The average molecular weight is 579 g/mol. The molecule has 6 atom stereocenters. The monoisotopic (exact) mass is 578 g/mol. The maximum atomic E-state index is 13.6. The molecule has 4 rings (SSSR count). The number of nitrogens with zero attached hydrogens (tertiary/aromatic N) is 1. The minimum atomic E-state index is -0.875. The molecule has 0 unspecified atom stereocenters. The molecule has 3 saturated carbocycles. The molecular weight excluding hydrogens is 531 g/mol. The highest BCUT2D eigenvalue weighted by Gasteiger charge is 2.68. The molecule has 4 aliphatic rings. The van der Waals surface area contributed by atoms with Gasteiger partial charge in [-0.25, -0.2) is 10.1 Å². The Kier molecular flexibility index (Phi) is 10.8. The summed E-state index contributed by atoms with van der Waals surface area (Å²) in [5, 5.41) is 25.7. The van der Waals surface area contributed by atoms with Crippen LogP contribution in [0.25, 0.3) is 0 Å². The van der Waals surface area contributed by atoms with Crippen molar-refractivity contribution in [2.24, 2.45) is 23.2 Å². The summed E-state index contributed by atoms with van der Waals surface area (Å²) in [5.74, 6) is -0.362. The Hall–Kier alpha value is -2.74. The molecule has 13 nitrogen and oxygen atoms in total. The number of nitrogens with one attached hydrogen (secondary N) is 5. The molecule has 0 aromatic rings. The summed E-state index contributed by atoms with van der Waals surface area (Å²) in [6.07, 6.45) is 4.04. The van der Waals surface area contributed by atoms with Gasteiger partial charge in [-0.15, -0.1) is 0 Å².